The van der Waals surface area contributed by atoms with E-state index >= 15 is 0 Å². The van der Waals surface area contributed by atoms with Gasteiger partial charge < -0.3 is 9.47 Å². The second kappa shape index (κ2) is 7.40. The fraction of sp³-hybridized carbons (Fsp3) is 0.200. The van der Waals surface area contributed by atoms with Gasteiger partial charge in [-0.1, -0.05) is 17.8 Å². The molecule has 2 heterocycles. The zero-order valence-electron chi connectivity index (χ0n) is 15.2. The number of methoxy groups -OCH3 is 2. The maximum absolute atomic E-state index is 5.41. The number of rotatable bonds is 5. The van der Waals surface area contributed by atoms with E-state index in [4.69, 9.17) is 9.47 Å². The number of hydrogen-bond acceptors (Lipinski definition) is 5. The first-order valence-corrected chi connectivity index (χ1v) is 10.2. The molecule has 0 bridgehead atoms. The number of hydrogen-bond donors (Lipinski definition) is 0. The van der Waals surface area contributed by atoms with Crippen molar-refractivity contribution in [3.8, 4) is 11.5 Å². The third-order valence-corrected chi connectivity index (χ3v) is 6.08. The number of ether oxygens (including phenoxy) is 2. The lowest BCUT2D eigenvalue weighted by Gasteiger charge is -2.10. The van der Waals surface area contributed by atoms with Gasteiger partial charge in [0.1, 0.15) is 11.5 Å². The van der Waals surface area contributed by atoms with Crippen molar-refractivity contribution >= 4 is 44.2 Å². The van der Waals surface area contributed by atoms with Gasteiger partial charge in [-0.2, -0.15) is 0 Å². The highest BCUT2D eigenvalue weighted by atomic mass is 79.9. The molecule has 0 spiro atoms. The first-order chi connectivity index (χ1) is 13.1. The van der Waals surface area contributed by atoms with Crippen LogP contribution in [0.5, 0.6) is 11.5 Å². The summed E-state index contributed by atoms with van der Waals surface area (Å²) >= 11 is 5.19. The van der Waals surface area contributed by atoms with E-state index in [1.54, 1.807) is 26.0 Å². The van der Waals surface area contributed by atoms with Crippen LogP contribution in [-0.4, -0.2) is 28.8 Å². The van der Waals surface area contributed by atoms with Crippen molar-refractivity contribution in [1.82, 2.24) is 14.6 Å². The van der Waals surface area contributed by atoms with E-state index < -0.39 is 0 Å². The van der Waals surface area contributed by atoms with Crippen LogP contribution >= 0.6 is 27.7 Å². The summed E-state index contributed by atoms with van der Waals surface area (Å²) in [5, 5.41) is 10.8. The molecule has 4 rings (SSSR count). The summed E-state index contributed by atoms with van der Waals surface area (Å²) in [4.78, 5) is 0. The van der Waals surface area contributed by atoms with Gasteiger partial charge in [0.25, 0.3) is 0 Å². The van der Waals surface area contributed by atoms with E-state index in [0.717, 1.165) is 43.4 Å². The molecule has 0 aliphatic carbocycles. The molecule has 0 radical (unpaired) electrons. The van der Waals surface area contributed by atoms with Crippen LogP contribution in [0.1, 0.15) is 11.1 Å². The summed E-state index contributed by atoms with van der Waals surface area (Å²) in [5.74, 6) is 2.42. The van der Waals surface area contributed by atoms with Gasteiger partial charge in [0.15, 0.2) is 10.8 Å². The summed E-state index contributed by atoms with van der Waals surface area (Å²) in [5.41, 5.74) is 4.24. The predicted octanol–water partition coefficient (Wildman–Crippen LogP) is 5.26. The highest BCUT2D eigenvalue weighted by molar-refractivity contribution is 9.10. The molecule has 0 unspecified atom stereocenters. The molecule has 0 saturated carbocycles. The van der Waals surface area contributed by atoms with Crippen molar-refractivity contribution in [1.29, 1.82) is 0 Å². The largest absolute Gasteiger partial charge is 0.497 e. The third-order valence-electron chi connectivity index (χ3n) is 4.46. The number of nitrogens with zero attached hydrogens (tertiary/aromatic N) is 3. The number of aryl methyl sites for hydroxylation is 1. The van der Waals surface area contributed by atoms with Gasteiger partial charge in [0.2, 0.25) is 0 Å². The summed E-state index contributed by atoms with van der Waals surface area (Å²) in [6, 6.07) is 14.3. The maximum Gasteiger partial charge on any atom is 0.196 e. The number of benzene rings is 2. The lowest BCUT2D eigenvalue weighted by Crippen LogP contribution is -1.95. The second-order valence-electron chi connectivity index (χ2n) is 6.14. The van der Waals surface area contributed by atoms with Crippen LogP contribution in [0.3, 0.4) is 0 Å². The van der Waals surface area contributed by atoms with Crippen LogP contribution in [0.4, 0.5) is 0 Å². The lowest BCUT2D eigenvalue weighted by atomic mass is 10.1. The van der Waals surface area contributed by atoms with Crippen molar-refractivity contribution in [2.24, 2.45) is 0 Å². The van der Waals surface area contributed by atoms with Gasteiger partial charge in [0.05, 0.1) is 24.2 Å². The minimum absolute atomic E-state index is 0.780. The van der Waals surface area contributed by atoms with Gasteiger partial charge in [-0.25, -0.2) is 0 Å². The van der Waals surface area contributed by atoms with E-state index in [9.17, 15) is 0 Å². The molecule has 0 aliphatic heterocycles. The molecule has 7 heteroatoms. The zero-order valence-corrected chi connectivity index (χ0v) is 17.6. The average molecular weight is 444 g/mol. The van der Waals surface area contributed by atoms with Gasteiger partial charge in [0, 0.05) is 17.2 Å². The predicted molar refractivity (Wildman–Crippen MR) is 112 cm³/mol. The Morgan fingerprint density at radius 3 is 2.63 bits per heavy atom. The van der Waals surface area contributed by atoms with E-state index in [2.05, 4.69) is 61.7 Å². The van der Waals surface area contributed by atoms with Crippen LogP contribution in [0.25, 0.3) is 16.6 Å². The van der Waals surface area contributed by atoms with Crippen molar-refractivity contribution in [3.05, 3.63) is 58.1 Å². The van der Waals surface area contributed by atoms with Crippen LogP contribution in [0, 0.1) is 6.92 Å². The van der Waals surface area contributed by atoms with Gasteiger partial charge in [-0.05, 0) is 64.3 Å². The molecule has 0 aliphatic rings. The summed E-state index contributed by atoms with van der Waals surface area (Å²) in [6.45, 7) is 2.09. The van der Waals surface area contributed by atoms with Crippen LogP contribution in [0.2, 0.25) is 0 Å². The highest BCUT2D eigenvalue weighted by Gasteiger charge is 2.13. The summed E-state index contributed by atoms with van der Waals surface area (Å²) < 4.78 is 13.7. The summed E-state index contributed by atoms with van der Waals surface area (Å²) in [6.07, 6.45) is 0. The van der Waals surface area contributed by atoms with Crippen LogP contribution < -0.4 is 9.47 Å². The fourth-order valence-corrected chi connectivity index (χ4v) is 4.55. The fourth-order valence-electron chi connectivity index (χ4n) is 3.07. The van der Waals surface area contributed by atoms with E-state index in [0.29, 0.717) is 0 Å². The number of fused-ring (bicyclic) bond motifs is 3. The maximum atomic E-state index is 5.41. The standard InChI is InChI=1S/C20H18BrN3O2S/c1-12-8-19-22-23-20(24(19)17-10-14(25-2)5-6-15(12)17)27-11-13-4-7-18(26-3)16(21)9-13/h4-10H,11H2,1-3H3. The van der Waals surface area contributed by atoms with E-state index in [1.165, 1.54) is 11.1 Å². The first-order valence-electron chi connectivity index (χ1n) is 8.38. The van der Waals surface area contributed by atoms with E-state index in [1.807, 2.05) is 18.2 Å². The number of pyridine rings is 1. The molecule has 27 heavy (non-hydrogen) atoms. The Hall–Kier alpha value is -2.25. The smallest absolute Gasteiger partial charge is 0.196 e. The molecule has 0 fully saturated rings. The average Bonchev–Trinajstić information content (AvgIpc) is 3.09. The van der Waals surface area contributed by atoms with E-state index in [-0.39, 0.29) is 0 Å². The summed E-state index contributed by atoms with van der Waals surface area (Å²) in [7, 11) is 3.34. The molecule has 138 valence electrons. The molecule has 2 aromatic heterocycles. The van der Waals surface area contributed by atoms with Gasteiger partial charge in [-0.3, -0.25) is 4.40 Å². The Balaban J connectivity index is 1.74. The Labute approximate surface area is 169 Å². The number of thioether (sulfide) groups is 1. The highest BCUT2D eigenvalue weighted by Crippen LogP contribution is 2.31. The SMILES string of the molecule is COc1ccc2c(C)cc3nnc(SCc4ccc(OC)c(Br)c4)n3c2c1. The first kappa shape index (κ1) is 18.1. The van der Waals surface area contributed by atoms with Crippen molar-refractivity contribution < 1.29 is 9.47 Å². The zero-order chi connectivity index (χ0) is 19.0. The molecular formula is C20H18BrN3O2S. The lowest BCUT2D eigenvalue weighted by molar-refractivity contribution is 0.412. The third kappa shape index (κ3) is 3.37. The second-order valence-corrected chi connectivity index (χ2v) is 7.94. The molecule has 0 saturated heterocycles. The minimum Gasteiger partial charge on any atom is -0.497 e. The molecule has 2 aromatic carbocycles. The topological polar surface area (TPSA) is 48.7 Å². The van der Waals surface area contributed by atoms with Gasteiger partial charge in [-0.15, -0.1) is 10.2 Å². The van der Waals surface area contributed by atoms with Crippen molar-refractivity contribution in [3.63, 3.8) is 0 Å². The Morgan fingerprint density at radius 1 is 1.04 bits per heavy atom. The molecule has 0 atom stereocenters. The quantitative estimate of drug-likeness (QED) is 0.393. The minimum atomic E-state index is 0.780. The van der Waals surface area contributed by atoms with Crippen LogP contribution in [0.15, 0.2) is 52.1 Å². The molecular weight excluding hydrogens is 426 g/mol. The van der Waals surface area contributed by atoms with Crippen LogP contribution in [-0.2, 0) is 5.75 Å². The molecule has 0 amide bonds. The monoisotopic (exact) mass is 443 g/mol. The van der Waals surface area contributed by atoms with Crippen molar-refractivity contribution in [2.75, 3.05) is 14.2 Å². The molecule has 5 nitrogen and oxygen atoms in total. The number of halogens is 1. The van der Waals surface area contributed by atoms with Gasteiger partial charge >= 0.3 is 0 Å². The molecule has 4 aromatic rings. The Kier molecular flexibility index (Phi) is 4.97. The Bertz CT molecular complexity index is 1140. The normalized spacial score (nSPS) is 11.3. The van der Waals surface area contributed by atoms with Crippen molar-refractivity contribution in [2.45, 2.75) is 17.8 Å². The Morgan fingerprint density at radius 2 is 1.89 bits per heavy atom. The number of aromatic nitrogens is 3. The molecule has 0 N–H and O–H groups in total.